The molecule has 1 aromatic carbocycles. The summed E-state index contributed by atoms with van der Waals surface area (Å²) in [5.41, 5.74) is 9.01. The molecular weight excluding hydrogens is 290 g/mol. The zero-order valence-electron chi connectivity index (χ0n) is 11.1. The van der Waals surface area contributed by atoms with Gasteiger partial charge < -0.3 is 10.3 Å². The monoisotopic (exact) mass is 301 g/mol. The minimum Gasteiger partial charge on any atom is -0.382 e. The van der Waals surface area contributed by atoms with Crippen molar-refractivity contribution in [2.45, 2.75) is 6.92 Å². The molecule has 0 saturated heterocycles. The van der Waals surface area contributed by atoms with Crippen LogP contribution in [0.5, 0.6) is 0 Å². The average Bonchev–Trinajstić information content (AvgIpc) is 2.85. The van der Waals surface area contributed by atoms with Crippen molar-refractivity contribution in [3.8, 4) is 11.8 Å². The normalized spacial score (nSPS) is 11.0. The fourth-order valence-electron chi connectivity index (χ4n) is 1.67. The van der Waals surface area contributed by atoms with E-state index in [4.69, 9.17) is 28.0 Å². The van der Waals surface area contributed by atoms with Crippen molar-refractivity contribution < 1.29 is 0 Å². The first-order valence-electron chi connectivity index (χ1n) is 5.91. The fraction of sp³-hybridized carbons (Fsp3) is 0.0769. The maximum Gasteiger partial charge on any atom is 0.201 e. The maximum atomic E-state index is 8.75. The number of imidazole rings is 1. The number of hydrogen-bond donors (Lipinski definition) is 3. The molecule has 2 rings (SSSR count). The molecule has 1 aromatic heterocycles. The maximum absolute atomic E-state index is 8.75. The van der Waals surface area contributed by atoms with E-state index < -0.39 is 5.84 Å². The zero-order chi connectivity index (χ0) is 15.4. The summed E-state index contributed by atoms with van der Waals surface area (Å²) in [7, 11) is 0. The molecule has 8 heteroatoms. The van der Waals surface area contributed by atoms with Gasteiger partial charge in [-0.15, -0.1) is 0 Å². The number of amidine groups is 1. The molecule has 21 heavy (non-hydrogen) atoms. The molecule has 0 radical (unpaired) electrons. The molecule has 0 aliphatic heterocycles. The summed E-state index contributed by atoms with van der Waals surface area (Å²) in [6.07, 6.45) is 3.50. The Morgan fingerprint density at radius 3 is 2.86 bits per heavy atom. The second kappa shape index (κ2) is 6.07. The van der Waals surface area contributed by atoms with E-state index in [0.29, 0.717) is 10.7 Å². The average molecular weight is 302 g/mol. The number of nitrogens with one attached hydrogen (secondary N) is 2. The van der Waals surface area contributed by atoms with E-state index in [1.54, 1.807) is 30.5 Å². The van der Waals surface area contributed by atoms with Crippen LogP contribution in [0.2, 0.25) is 5.02 Å². The van der Waals surface area contributed by atoms with Crippen LogP contribution in [0.3, 0.4) is 0 Å². The fourth-order valence-corrected chi connectivity index (χ4v) is 1.94. The summed E-state index contributed by atoms with van der Waals surface area (Å²) >= 11 is 6.24. The van der Waals surface area contributed by atoms with Crippen LogP contribution in [0.25, 0.3) is 5.69 Å². The van der Waals surface area contributed by atoms with Crippen molar-refractivity contribution in [2.24, 2.45) is 10.8 Å². The van der Waals surface area contributed by atoms with Gasteiger partial charge in [-0.2, -0.15) is 10.4 Å². The van der Waals surface area contributed by atoms with E-state index in [-0.39, 0.29) is 5.71 Å². The molecular formula is C13H12ClN7. The topological polar surface area (TPSA) is 116 Å². The highest BCUT2D eigenvalue weighted by Crippen LogP contribution is 2.25. The predicted octanol–water partition coefficient (Wildman–Crippen LogP) is 2.06. The number of aryl methyl sites for hydroxylation is 1. The van der Waals surface area contributed by atoms with Gasteiger partial charge in [0.15, 0.2) is 5.84 Å². The number of hydrogen-bond acceptors (Lipinski definition) is 5. The molecule has 0 amide bonds. The molecule has 0 spiro atoms. The van der Waals surface area contributed by atoms with Crippen molar-refractivity contribution in [3.63, 3.8) is 0 Å². The van der Waals surface area contributed by atoms with E-state index in [1.165, 1.54) is 0 Å². The van der Waals surface area contributed by atoms with Crippen LogP contribution in [0.4, 0.5) is 5.69 Å². The molecule has 7 nitrogen and oxygen atoms in total. The first-order chi connectivity index (χ1) is 10.0. The summed E-state index contributed by atoms with van der Waals surface area (Å²) in [4.78, 5) is 4.14. The van der Waals surface area contributed by atoms with Crippen LogP contribution in [-0.4, -0.2) is 21.1 Å². The van der Waals surface area contributed by atoms with Gasteiger partial charge in [-0.05, 0) is 25.1 Å². The van der Waals surface area contributed by atoms with E-state index in [0.717, 1.165) is 11.5 Å². The van der Waals surface area contributed by atoms with Gasteiger partial charge in [-0.3, -0.25) is 10.8 Å². The Morgan fingerprint density at radius 2 is 2.33 bits per heavy atom. The Bertz CT molecular complexity index is 754. The first-order valence-corrected chi connectivity index (χ1v) is 6.29. The lowest BCUT2D eigenvalue weighted by atomic mass is 10.2. The van der Waals surface area contributed by atoms with E-state index in [1.807, 2.05) is 17.7 Å². The van der Waals surface area contributed by atoms with Crippen molar-refractivity contribution in [1.82, 2.24) is 9.55 Å². The highest BCUT2D eigenvalue weighted by molar-refractivity contribution is 6.45. The SMILES string of the molecule is Cc1nccn1-c1ccc(N/N=C(\C#N)C(=N)N)cc1Cl. The van der Waals surface area contributed by atoms with Crippen LogP contribution in [0.15, 0.2) is 35.7 Å². The molecule has 0 bridgehead atoms. The zero-order valence-corrected chi connectivity index (χ0v) is 11.9. The lowest BCUT2D eigenvalue weighted by molar-refractivity contribution is 0.975. The first kappa shape index (κ1) is 14.6. The summed E-state index contributed by atoms with van der Waals surface area (Å²) in [6.45, 7) is 1.87. The second-order valence-corrected chi connectivity index (χ2v) is 4.52. The third-order valence-electron chi connectivity index (χ3n) is 2.69. The molecule has 0 atom stereocenters. The Morgan fingerprint density at radius 1 is 1.57 bits per heavy atom. The third-order valence-corrected chi connectivity index (χ3v) is 2.99. The van der Waals surface area contributed by atoms with Gasteiger partial charge in [-0.1, -0.05) is 11.6 Å². The van der Waals surface area contributed by atoms with E-state index in [2.05, 4.69) is 15.5 Å². The second-order valence-electron chi connectivity index (χ2n) is 4.11. The summed E-state index contributed by atoms with van der Waals surface area (Å²) in [5.74, 6) is 0.417. The minimum atomic E-state index is -0.401. The van der Waals surface area contributed by atoms with Gasteiger partial charge in [0.05, 0.1) is 16.4 Å². The number of rotatable bonds is 4. The van der Waals surface area contributed by atoms with Crippen LogP contribution < -0.4 is 11.2 Å². The van der Waals surface area contributed by atoms with Crippen LogP contribution in [0, 0.1) is 23.7 Å². The highest BCUT2D eigenvalue weighted by Gasteiger charge is 2.07. The standard InChI is InChI=1S/C13H12ClN7/c1-8-18-4-5-21(8)12-3-2-9(6-10(12)14)19-20-11(7-15)13(16)17/h2-6,19H,1H3,(H3,16,17)/b20-11+. The van der Waals surface area contributed by atoms with Crippen molar-refractivity contribution in [3.05, 3.63) is 41.4 Å². The lowest BCUT2D eigenvalue weighted by Crippen LogP contribution is -2.21. The third kappa shape index (κ3) is 3.19. The quantitative estimate of drug-likeness (QED) is 0.455. The number of aromatic nitrogens is 2. The molecule has 0 saturated carbocycles. The number of nitriles is 1. The summed E-state index contributed by atoms with van der Waals surface area (Å²) < 4.78 is 1.85. The van der Waals surface area contributed by atoms with Gasteiger partial charge in [0.25, 0.3) is 0 Å². The molecule has 4 N–H and O–H groups in total. The number of anilines is 1. The van der Waals surface area contributed by atoms with Gasteiger partial charge in [0.1, 0.15) is 11.9 Å². The number of nitrogens with zero attached hydrogens (tertiary/aromatic N) is 4. The number of nitrogens with two attached hydrogens (primary N) is 1. The number of benzene rings is 1. The molecule has 0 aliphatic carbocycles. The Kier molecular flexibility index (Phi) is 4.21. The molecule has 106 valence electrons. The van der Waals surface area contributed by atoms with E-state index >= 15 is 0 Å². The molecule has 0 aliphatic rings. The number of hydrazone groups is 1. The minimum absolute atomic E-state index is 0.194. The molecule has 0 fully saturated rings. The number of halogens is 1. The highest BCUT2D eigenvalue weighted by atomic mass is 35.5. The Balaban J connectivity index is 2.27. The molecule has 0 unspecified atom stereocenters. The van der Waals surface area contributed by atoms with Crippen LogP contribution in [0.1, 0.15) is 5.82 Å². The van der Waals surface area contributed by atoms with Crippen LogP contribution >= 0.6 is 11.6 Å². The van der Waals surface area contributed by atoms with Gasteiger partial charge in [-0.25, -0.2) is 4.98 Å². The Hall–Kier alpha value is -2.85. The van der Waals surface area contributed by atoms with Crippen molar-refractivity contribution in [2.75, 3.05) is 5.43 Å². The van der Waals surface area contributed by atoms with Crippen molar-refractivity contribution in [1.29, 1.82) is 10.7 Å². The van der Waals surface area contributed by atoms with Crippen molar-refractivity contribution >= 4 is 28.8 Å². The molecule has 2 aromatic rings. The smallest absolute Gasteiger partial charge is 0.201 e. The molecule has 1 heterocycles. The van der Waals surface area contributed by atoms with Gasteiger partial charge in [0.2, 0.25) is 5.71 Å². The summed E-state index contributed by atoms with van der Waals surface area (Å²) in [5, 5.41) is 20.1. The predicted molar refractivity (Wildman–Crippen MR) is 81.9 cm³/mol. The largest absolute Gasteiger partial charge is 0.382 e. The van der Waals surface area contributed by atoms with Crippen LogP contribution in [-0.2, 0) is 0 Å². The van der Waals surface area contributed by atoms with Gasteiger partial charge in [0, 0.05) is 12.4 Å². The lowest BCUT2D eigenvalue weighted by Gasteiger charge is -2.09. The van der Waals surface area contributed by atoms with Gasteiger partial charge >= 0.3 is 0 Å². The Labute approximate surface area is 126 Å². The van der Waals surface area contributed by atoms with E-state index in [9.17, 15) is 0 Å². The summed E-state index contributed by atoms with van der Waals surface area (Å²) in [6, 6.07) is 6.93.